The molecule has 75 heavy (non-hydrogen) atoms. The third-order valence-corrected chi connectivity index (χ3v) is 27.8. The lowest BCUT2D eigenvalue weighted by Crippen LogP contribution is -2.55. The van der Waals surface area contributed by atoms with Crippen LogP contribution in [-0.4, -0.2) is 115 Å². The van der Waals surface area contributed by atoms with Gasteiger partial charge in [0.25, 0.3) is 0 Å². The Bertz CT molecular complexity index is 2890. The summed E-state index contributed by atoms with van der Waals surface area (Å²) in [4.78, 5) is 19.4. The molecule has 406 valence electrons. The molecule has 0 N–H and O–H groups in total. The first kappa shape index (κ1) is 56.4. The number of hydrogen-bond donors (Lipinski definition) is 0. The van der Waals surface area contributed by atoms with E-state index in [0.29, 0.717) is 68.2 Å². The zero-order valence-corrected chi connectivity index (χ0v) is 48.9. The molecule has 5 aromatic rings. The van der Waals surface area contributed by atoms with Gasteiger partial charge in [-0.25, -0.2) is 18.2 Å². The summed E-state index contributed by atoms with van der Waals surface area (Å²) < 4.78 is 89.1. The normalized spacial score (nSPS) is 21.9. The highest BCUT2D eigenvalue weighted by atomic mass is 28.4. The fourth-order valence-electron chi connectivity index (χ4n) is 12.5. The maximum absolute atomic E-state index is 18.6. The van der Waals surface area contributed by atoms with Gasteiger partial charge in [-0.2, -0.15) is 9.97 Å². The minimum Gasteiger partial charge on any atom is -0.480 e. The molecule has 1 aliphatic carbocycles. The number of benzene rings is 3. The number of likely N-dealkylation sites (tertiary alicyclic amines) is 1. The second-order valence-electron chi connectivity index (χ2n) is 24.1. The molecule has 0 unspecified atom stereocenters. The van der Waals surface area contributed by atoms with E-state index in [1.165, 1.54) is 20.3 Å². The number of aromatic nitrogens is 3. The highest BCUT2D eigenvalue weighted by Crippen LogP contribution is 2.50. The molecule has 1 saturated carbocycles. The first-order valence-corrected chi connectivity index (χ1v) is 32.0. The summed E-state index contributed by atoms with van der Waals surface area (Å²) >= 11 is 0. The molecule has 0 spiro atoms. The number of alkyl halides is 1. The predicted molar refractivity (Wildman–Crippen MR) is 299 cm³/mol. The number of pyridine rings is 1. The second-order valence-corrected chi connectivity index (χ2v) is 34.4. The number of anilines is 1. The standard InChI is InChI=1S/C59H80F3N5O6Si2/c1-38(2)75(39(3)4,40(5)6)28-24-45-47(61)23-22-42-29-44(72-37-68-11)30-46(49(42)45)52-51(62)53-50(55(63-52)69-12)54(66-26-27-70-35-58(10,34-66)73-74(13,14)57(7,8)9)65-56(64-53)71-36-59-25-18-21-48(59)67(33-43(60)31-59)32-41-19-16-15-17-20-41/h15-17,19-20,22-23,29-30,38-40,43,48H,18,21,25-27,31-37H2,1-14H3/t43-,48+,58-,59+/m0/s1. The average Bonchev–Trinajstić information content (AvgIpc) is 3.68. The summed E-state index contributed by atoms with van der Waals surface area (Å²) in [5, 5.41) is 1.07. The predicted octanol–water partition coefficient (Wildman–Crippen LogP) is 13.5. The molecule has 2 saturated heterocycles. The number of rotatable bonds is 16. The van der Waals surface area contributed by atoms with E-state index in [9.17, 15) is 0 Å². The summed E-state index contributed by atoms with van der Waals surface area (Å²) in [7, 11) is -1.75. The molecular weight excluding hydrogens is 988 g/mol. The van der Waals surface area contributed by atoms with Gasteiger partial charge in [-0.05, 0) is 90.1 Å². The molecule has 2 aliphatic heterocycles. The zero-order chi connectivity index (χ0) is 54.3. The Morgan fingerprint density at radius 2 is 1.64 bits per heavy atom. The summed E-state index contributed by atoms with van der Waals surface area (Å²) in [6.45, 7) is 28.7. The van der Waals surface area contributed by atoms with Crippen molar-refractivity contribution in [2.24, 2.45) is 5.41 Å². The first-order chi connectivity index (χ1) is 35.5. The molecular formula is C59H80F3N5O6Si2. The molecule has 0 bridgehead atoms. The van der Waals surface area contributed by atoms with Crippen molar-refractivity contribution in [3.05, 3.63) is 77.4 Å². The SMILES string of the molecule is COCOc1cc(-c2nc(OC)c3c(N4CCOC[C@@](C)(O[Si](C)(C)C(C)(C)C)C4)nc(OC[C@]45CCC[C@H]4N(Cc4ccccc4)C[C@@H](F)C5)nc3c2F)c2c(C#C[Si](C(C)C)(C(C)C)C(C)C)c(F)ccc2c1. The van der Waals surface area contributed by atoms with E-state index in [1.54, 1.807) is 18.2 Å². The van der Waals surface area contributed by atoms with Gasteiger partial charge in [0.1, 0.15) is 48.2 Å². The van der Waals surface area contributed by atoms with E-state index in [1.807, 2.05) is 23.1 Å². The molecule has 3 aliphatic rings. The largest absolute Gasteiger partial charge is 0.480 e. The molecule has 11 nitrogen and oxygen atoms in total. The Morgan fingerprint density at radius 3 is 2.31 bits per heavy atom. The van der Waals surface area contributed by atoms with Crippen LogP contribution in [0.5, 0.6) is 17.6 Å². The number of fused-ring (bicyclic) bond motifs is 3. The van der Waals surface area contributed by atoms with E-state index in [2.05, 4.69) is 111 Å². The fraction of sp³-hybridized carbons (Fsp3) is 0.576. The lowest BCUT2D eigenvalue weighted by Gasteiger charge is -2.47. The van der Waals surface area contributed by atoms with Crippen molar-refractivity contribution in [3.8, 4) is 40.4 Å². The molecule has 4 heterocycles. The van der Waals surface area contributed by atoms with Crippen LogP contribution in [0.2, 0.25) is 34.8 Å². The van der Waals surface area contributed by atoms with Crippen LogP contribution >= 0.6 is 0 Å². The topological polar surface area (TPSA) is 101 Å². The third-order valence-electron chi connectivity index (χ3n) is 16.9. The van der Waals surface area contributed by atoms with Crippen LogP contribution in [0.1, 0.15) is 106 Å². The molecule has 0 amide bonds. The molecule has 4 atom stereocenters. The minimum atomic E-state index is -2.38. The second kappa shape index (κ2) is 22.3. The van der Waals surface area contributed by atoms with Crippen LogP contribution in [0.3, 0.4) is 0 Å². The van der Waals surface area contributed by atoms with E-state index < -0.39 is 45.2 Å². The van der Waals surface area contributed by atoms with Crippen molar-refractivity contribution in [2.75, 3.05) is 65.4 Å². The maximum Gasteiger partial charge on any atom is 0.319 e. The Hall–Kier alpha value is -4.77. The summed E-state index contributed by atoms with van der Waals surface area (Å²) in [6, 6.07) is 16.6. The van der Waals surface area contributed by atoms with Crippen molar-refractivity contribution in [3.63, 3.8) is 0 Å². The quantitative estimate of drug-likeness (QED) is 0.0536. The molecule has 3 aromatic carbocycles. The number of halogens is 3. The first-order valence-electron chi connectivity index (χ1n) is 26.9. The van der Waals surface area contributed by atoms with Crippen LogP contribution < -0.4 is 19.1 Å². The molecule has 16 heteroatoms. The van der Waals surface area contributed by atoms with Crippen LogP contribution in [-0.2, 0) is 20.4 Å². The van der Waals surface area contributed by atoms with Crippen LogP contribution in [0, 0.1) is 28.5 Å². The highest BCUT2D eigenvalue weighted by molar-refractivity contribution is 6.90. The lowest BCUT2D eigenvalue weighted by molar-refractivity contribution is -0.0405. The van der Waals surface area contributed by atoms with Gasteiger partial charge in [-0.1, -0.05) is 111 Å². The van der Waals surface area contributed by atoms with E-state index in [4.69, 9.17) is 43.1 Å². The van der Waals surface area contributed by atoms with Crippen molar-refractivity contribution < 1.29 is 41.3 Å². The number of piperidine rings is 1. The van der Waals surface area contributed by atoms with E-state index in [-0.39, 0.29) is 80.7 Å². The van der Waals surface area contributed by atoms with Crippen molar-refractivity contribution >= 4 is 43.9 Å². The van der Waals surface area contributed by atoms with E-state index in [0.717, 1.165) is 24.8 Å². The number of methoxy groups -OCH3 is 2. The summed E-state index contributed by atoms with van der Waals surface area (Å²) in [5.74, 6) is 2.76. The Kier molecular flexibility index (Phi) is 16.8. The number of hydrogen-bond acceptors (Lipinski definition) is 11. The van der Waals surface area contributed by atoms with Crippen molar-refractivity contribution in [2.45, 2.75) is 154 Å². The maximum atomic E-state index is 18.6. The zero-order valence-electron chi connectivity index (χ0n) is 46.9. The van der Waals surface area contributed by atoms with Gasteiger partial charge >= 0.3 is 6.01 Å². The van der Waals surface area contributed by atoms with Gasteiger partial charge < -0.3 is 33.0 Å². The highest BCUT2D eigenvalue weighted by Gasteiger charge is 2.52. The fourth-order valence-corrected chi connectivity index (χ4v) is 19.4. The molecule has 2 aromatic heterocycles. The Labute approximate surface area is 445 Å². The number of nitrogens with zero attached hydrogens (tertiary/aromatic N) is 5. The van der Waals surface area contributed by atoms with E-state index >= 15 is 13.2 Å². The third kappa shape index (κ3) is 11.3. The van der Waals surface area contributed by atoms with Gasteiger partial charge in [0.2, 0.25) is 5.88 Å². The van der Waals surface area contributed by atoms with Gasteiger partial charge in [-0.15, -0.1) is 5.54 Å². The lowest BCUT2D eigenvalue weighted by atomic mass is 9.74. The van der Waals surface area contributed by atoms with Crippen LogP contribution in [0.25, 0.3) is 32.9 Å². The van der Waals surface area contributed by atoms with Gasteiger partial charge in [0, 0.05) is 55.7 Å². The molecule has 8 rings (SSSR count). The Balaban J connectivity index is 1.34. The Morgan fingerprint density at radius 1 is 0.920 bits per heavy atom. The van der Waals surface area contributed by atoms with Crippen molar-refractivity contribution in [1.82, 2.24) is 19.9 Å². The van der Waals surface area contributed by atoms with Gasteiger partial charge in [0.15, 0.2) is 20.9 Å². The average molecular weight is 1070 g/mol. The monoisotopic (exact) mass is 1070 g/mol. The summed E-state index contributed by atoms with van der Waals surface area (Å²) in [6.07, 6.45) is 1.85. The molecule has 3 fully saturated rings. The summed E-state index contributed by atoms with van der Waals surface area (Å²) in [5.41, 5.74) is 4.44. The van der Waals surface area contributed by atoms with Crippen molar-refractivity contribution in [1.29, 1.82) is 0 Å². The minimum absolute atomic E-state index is 0.0462. The molecule has 0 radical (unpaired) electrons. The van der Waals surface area contributed by atoms with Gasteiger partial charge in [0.05, 0.1) is 38.1 Å². The van der Waals surface area contributed by atoms with Gasteiger partial charge in [-0.3, -0.25) is 4.90 Å². The van der Waals surface area contributed by atoms with Crippen LogP contribution in [0.15, 0.2) is 54.6 Å². The van der Waals surface area contributed by atoms with Crippen LogP contribution in [0.4, 0.5) is 19.0 Å². The number of ether oxygens (including phenoxy) is 5. The smallest absolute Gasteiger partial charge is 0.319 e.